The molecular weight excluding hydrogens is 286 g/mol. The number of anilines is 1. The molecule has 1 aromatic carbocycles. The topological polar surface area (TPSA) is 35.6 Å². The van der Waals surface area contributed by atoms with Gasteiger partial charge in [0.1, 0.15) is 0 Å². The fourth-order valence-electron chi connectivity index (χ4n) is 2.35. The summed E-state index contributed by atoms with van der Waals surface area (Å²) >= 11 is 6.37. The highest BCUT2D eigenvalue weighted by Gasteiger charge is 2.21. The van der Waals surface area contributed by atoms with Crippen LogP contribution in [0.25, 0.3) is 0 Å². The lowest BCUT2D eigenvalue weighted by Gasteiger charge is -2.33. The molecule has 0 atom stereocenters. The fraction of sp³-hybridized carbons (Fsp3) is 0.562. The first-order chi connectivity index (χ1) is 9.97. The van der Waals surface area contributed by atoms with Crippen LogP contribution in [0.3, 0.4) is 0 Å². The van der Waals surface area contributed by atoms with Crippen molar-refractivity contribution in [1.29, 1.82) is 0 Å². The van der Waals surface area contributed by atoms with Gasteiger partial charge in [-0.3, -0.25) is 4.79 Å². The van der Waals surface area contributed by atoms with Crippen molar-refractivity contribution in [1.82, 2.24) is 10.2 Å². The first kappa shape index (κ1) is 16.1. The second-order valence-electron chi connectivity index (χ2n) is 6.04. The van der Waals surface area contributed by atoms with Crippen molar-refractivity contribution < 1.29 is 4.79 Å². The summed E-state index contributed by atoms with van der Waals surface area (Å²) < 4.78 is 0. The van der Waals surface area contributed by atoms with Crippen LogP contribution in [0, 0.1) is 5.92 Å². The molecule has 1 aromatic rings. The zero-order valence-corrected chi connectivity index (χ0v) is 13.8. The Bertz CT molecular complexity index is 504. The molecule has 4 nitrogen and oxygen atoms in total. The van der Waals surface area contributed by atoms with Crippen molar-refractivity contribution in [3.8, 4) is 0 Å². The van der Waals surface area contributed by atoms with E-state index < -0.39 is 0 Å². The van der Waals surface area contributed by atoms with Gasteiger partial charge in [-0.25, -0.2) is 0 Å². The van der Waals surface area contributed by atoms with E-state index in [1.165, 1.54) is 0 Å². The molecule has 0 aromatic heterocycles. The highest BCUT2D eigenvalue weighted by atomic mass is 35.5. The molecule has 1 aliphatic heterocycles. The molecule has 1 heterocycles. The van der Waals surface area contributed by atoms with Gasteiger partial charge in [0, 0.05) is 37.4 Å². The van der Waals surface area contributed by atoms with Gasteiger partial charge in [0.2, 0.25) is 5.91 Å². The summed E-state index contributed by atoms with van der Waals surface area (Å²) in [5, 5.41) is 4.15. The molecule has 1 aliphatic rings. The Morgan fingerprint density at radius 2 is 2.10 bits per heavy atom. The molecule has 2 rings (SSSR count). The Morgan fingerprint density at radius 1 is 1.33 bits per heavy atom. The Hall–Kier alpha value is -1.26. The van der Waals surface area contributed by atoms with E-state index in [4.69, 9.17) is 11.6 Å². The lowest BCUT2D eigenvalue weighted by molar-refractivity contribution is -0.129. The van der Waals surface area contributed by atoms with Gasteiger partial charge in [-0.15, -0.1) is 0 Å². The van der Waals surface area contributed by atoms with Crippen LogP contribution < -0.4 is 10.2 Å². The van der Waals surface area contributed by atoms with Gasteiger partial charge in [0.05, 0.1) is 6.54 Å². The van der Waals surface area contributed by atoms with Gasteiger partial charge in [0.15, 0.2) is 0 Å². The number of likely N-dealkylation sites (N-methyl/N-ethyl adjacent to an activating group) is 1. The fourth-order valence-corrected chi connectivity index (χ4v) is 2.59. The SMILES string of the molecule is CC(C)CNCc1ccc(N2CCN(C)C(=O)C2)cc1Cl. The maximum atomic E-state index is 11.8. The van der Waals surface area contributed by atoms with Gasteiger partial charge >= 0.3 is 0 Å². The minimum atomic E-state index is 0.153. The number of nitrogens with one attached hydrogen (secondary N) is 1. The maximum Gasteiger partial charge on any atom is 0.241 e. The molecular formula is C16H24ClN3O. The lowest BCUT2D eigenvalue weighted by atomic mass is 10.1. The third-order valence-electron chi connectivity index (χ3n) is 3.73. The zero-order valence-electron chi connectivity index (χ0n) is 13.0. The number of amides is 1. The number of carbonyl (C=O) groups is 1. The number of piperazine rings is 1. The van der Waals surface area contributed by atoms with Crippen LogP contribution in [0.5, 0.6) is 0 Å². The summed E-state index contributed by atoms with van der Waals surface area (Å²) in [5.74, 6) is 0.777. The summed E-state index contributed by atoms with van der Waals surface area (Å²) in [5.41, 5.74) is 2.12. The normalized spacial score (nSPS) is 16.0. The Morgan fingerprint density at radius 3 is 2.71 bits per heavy atom. The second kappa shape index (κ2) is 7.14. The first-order valence-corrected chi connectivity index (χ1v) is 7.83. The standard InChI is InChI=1S/C16H24ClN3O/c1-12(2)9-18-10-13-4-5-14(8-15(13)17)20-7-6-19(3)16(21)11-20/h4-5,8,12,18H,6-7,9-11H2,1-3H3. The van der Waals surface area contributed by atoms with Crippen LogP contribution in [-0.2, 0) is 11.3 Å². The Kier molecular flexibility index (Phi) is 5.48. The molecule has 21 heavy (non-hydrogen) atoms. The minimum Gasteiger partial charge on any atom is -0.360 e. The number of hydrogen-bond acceptors (Lipinski definition) is 3. The van der Waals surface area contributed by atoms with Crippen molar-refractivity contribution in [2.45, 2.75) is 20.4 Å². The van der Waals surface area contributed by atoms with Crippen LogP contribution in [0.2, 0.25) is 5.02 Å². The summed E-state index contributed by atoms with van der Waals surface area (Å²) in [6, 6.07) is 6.07. The van der Waals surface area contributed by atoms with E-state index in [0.717, 1.165) is 42.5 Å². The molecule has 0 saturated carbocycles. The number of hydrogen-bond donors (Lipinski definition) is 1. The van der Waals surface area contributed by atoms with Crippen LogP contribution in [0.1, 0.15) is 19.4 Å². The summed E-state index contributed by atoms with van der Waals surface area (Å²) in [4.78, 5) is 15.6. The predicted octanol–water partition coefficient (Wildman–Crippen LogP) is 2.36. The van der Waals surface area contributed by atoms with Crippen LogP contribution >= 0.6 is 11.6 Å². The molecule has 5 heteroatoms. The summed E-state index contributed by atoms with van der Waals surface area (Å²) in [6.45, 7) is 8.16. The highest BCUT2D eigenvalue weighted by Crippen LogP contribution is 2.24. The van der Waals surface area contributed by atoms with Crippen LogP contribution in [0.4, 0.5) is 5.69 Å². The molecule has 1 N–H and O–H groups in total. The van der Waals surface area contributed by atoms with Crippen LogP contribution in [0.15, 0.2) is 18.2 Å². The summed E-state index contributed by atoms with van der Waals surface area (Å²) in [6.07, 6.45) is 0. The number of halogens is 1. The quantitative estimate of drug-likeness (QED) is 0.907. The Labute approximate surface area is 132 Å². The molecule has 0 unspecified atom stereocenters. The van der Waals surface area contributed by atoms with Gasteiger partial charge in [0.25, 0.3) is 0 Å². The predicted molar refractivity (Wildman–Crippen MR) is 87.8 cm³/mol. The molecule has 1 fully saturated rings. The van der Waals surface area contributed by atoms with Crippen molar-refractivity contribution in [2.75, 3.05) is 38.1 Å². The molecule has 0 radical (unpaired) electrons. The molecule has 0 bridgehead atoms. The summed E-state index contributed by atoms with van der Waals surface area (Å²) in [7, 11) is 1.84. The molecule has 0 spiro atoms. The Balaban J connectivity index is 2.00. The minimum absolute atomic E-state index is 0.153. The molecule has 1 saturated heterocycles. The number of rotatable bonds is 5. The van der Waals surface area contributed by atoms with Crippen molar-refractivity contribution in [2.24, 2.45) is 5.92 Å². The smallest absolute Gasteiger partial charge is 0.241 e. The molecule has 0 aliphatic carbocycles. The number of benzene rings is 1. The first-order valence-electron chi connectivity index (χ1n) is 7.45. The van der Waals surface area contributed by atoms with Crippen molar-refractivity contribution in [3.05, 3.63) is 28.8 Å². The third kappa shape index (κ3) is 4.35. The lowest BCUT2D eigenvalue weighted by Crippen LogP contribution is -2.48. The van der Waals surface area contributed by atoms with E-state index in [0.29, 0.717) is 12.5 Å². The average molecular weight is 310 g/mol. The highest BCUT2D eigenvalue weighted by molar-refractivity contribution is 6.31. The van der Waals surface area contributed by atoms with Gasteiger partial charge < -0.3 is 15.1 Å². The molecule has 1 amide bonds. The average Bonchev–Trinajstić information content (AvgIpc) is 2.43. The van der Waals surface area contributed by atoms with E-state index in [-0.39, 0.29) is 5.91 Å². The van der Waals surface area contributed by atoms with E-state index in [1.54, 1.807) is 4.90 Å². The number of carbonyl (C=O) groups excluding carboxylic acids is 1. The zero-order chi connectivity index (χ0) is 15.4. The monoisotopic (exact) mass is 309 g/mol. The largest absolute Gasteiger partial charge is 0.360 e. The van der Waals surface area contributed by atoms with Crippen LogP contribution in [-0.4, -0.2) is 44.0 Å². The van der Waals surface area contributed by atoms with Gasteiger partial charge in [-0.1, -0.05) is 31.5 Å². The second-order valence-corrected chi connectivity index (χ2v) is 6.44. The van der Waals surface area contributed by atoms with Gasteiger partial charge in [-0.2, -0.15) is 0 Å². The van der Waals surface area contributed by atoms with Gasteiger partial charge in [-0.05, 0) is 30.2 Å². The van der Waals surface area contributed by atoms with E-state index >= 15 is 0 Å². The third-order valence-corrected chi connectivity index (χ3v) is 4.08. The van der Waals surface area contributed by atoms with E-state index in [9.17, 15) is 4.79 Å². The molecule has 116 valence electrons. The van der Waals surface area contributed by atoms with Crippen molar-refractivity contribution in [3.63, 3.8) is 0 Å². The number of nitrogens with zero attached hydrogens (tertiary/aromatic N) is 2. The van der Waals surface area contributed by atoms with E-state index in [1.807, 2.05) is 19.2 Å². The maximum absolute atomic E-state index is 11.8. The van der Waals surface area contributed by atoms with E-state index in [2.05, 4.69) is 30.1 Å². The van der Waals surface area contributed by atoms with Crippen molar-refractivity contribution >= 4 is 23.2 Å².